The van der Waals surface area contributed by atoms with Crippen molar-refractivity contribution in [2.75, 3.05) is 12.8 Å². The molecule has 0 spiro atoms. The van der Waals surface area contributed by atoms with E-state index in [4.69, 9.17) is 15.6 Å². The number of hydrogen-bond acceptors (Lipinski definition) is 3. The maximum absolute atomic E-state index is 11.1. The van der Waals surface area contributed by atoms with Gasteiger partial charge in [-0.1, -0.05) is 12.1 Å². The number of aromatic nitrogens is 1. The summed E-state index contributed by atoms with van der Waals surface area (Å²) in [5.41, 5.74) is 6.85. The molecule has 1 heterocycles. The van der Waals surface area contributed by atoms with Crippen molar-refractivity contribution < 1.29 is 14.6 Å². The molecular formula is C11H12N2O3. The lowest BCUT2D eigenvalue weighted by molar-refractivity contribution is 0.0688. The number of nitrogens with two attached hydrogens (primary N) is 1. The summed E-state index contributed by atoms with van der Waals surface area (Å²) in [7, 11) is 3.20. The molecule has 16 heavy (non-hydrogen) atoms. The second-order valence-corrected chi connectivity index (χ2v) is 3.48. The summed E-state index contributed by atoms with van der Waals surface area (Å²) < 4.78 is 6.72. The Hall–Kier alpha value is -2.17. The molecule has 0 saturated heterocycles. The number of carboxylic acids is 1. The van der Waals surface area contributed by atoms with Gasteiger partial charge in [0, 0.05) is 12.4 Å². The number of methoxy groups -OCH3 is 1. The van der Waals surface area contributed by atoms with Crippen LogP contribution >= 0.6 is 0 Å². The Morgan fingerprint density at radius 1 is 1.50 bits per heavy atom. The first-order valence-electron chi connectivity index (χ1n) is 4.72. The lowest BCUT2D eigenvalue weighted by atomic mass is 10.2. The zero-order valence-corrected chi connectivity index (χ0v) is 9.02. The van der Waals surface area contributed by atoms with Crippen LogP contribution in [0.1, 0.15) is 10.5 Å². The zero-order chi connectivity index (χ0) is 11.9. The maximum Gasteiger partial charge on any atom is 0.354 e. The number of fused-ring (bicyclic) bond motifs is 1. The number of ether oxygens (including phenoxy) is 1. The molecule has 84 valence electrons. The van der Waals surface area contributed by atoms with Crippen molar-refractivity contribution >= 4 is 22.6 Å². The van der Waals surface area contributed by atoms with Crippen LogP contribution in [-0.2, 0) is 7.05 Å². The number of para-hydroxylation sites is 1. The van der Waals surface area contributed by atoms with Gasteiger partial charge >= 0.3 is 5.97 Å². The monoisotopic (exact) mass is 220 g/mol. The van der Waals surface area contributed by atoms with Crippen LogP contribution in [0.5, 0.6) is 5.75 Å². The van der Waals surface area contributed by atoms with Crippen LogP contribution in [0.15, 0.2) is 18.2 Å². The summed E-state index contributed by atoms with van der Waals surface area (Å²) in [5.74, 6) is -0.433. The van der Waals surface area contributed by atoms with E-state index in [-0.39, 0.29) is 11.4 Å². The first-order valence-corrected chi connectivity index (χ1v) is 4.72. The molecule has 1 aromatic heterocycles. The van der Waals surface area contributed by atoms with Crippen molar-refractivity contribution in [1.29, 1.82) is 0 Å². The van der Waals surface area contributed by atoms with E-state index in [0.29, 0.717) is 16.7 Å². The number of aromatic carboxylic acids is 1. The van der Waals surface area contributed by atoms with E-state index in [0.717, 1.165) is 0 Å². The van der Waals surface area contributed by atoms with Gasteiger partial charge in [0.05, 0.1) is 18.3 Å². The molecule has 0 amide bonds. The van der Waals surface area contributed by atoms with Crippen LogP contribution in [-0.4, -0.2) is 22.8 Å². The third-order valence-electron chi connectivity index (χ3n) is 2.64. The van der Waals surface area contributed by atoms with Gasteiger partial charge in [0.2, 0.25) is 0 Å². The molecule has 2 rings (SSSR count). The topological polar surface area (TPSA) is 77.5 Å². The van der Waals surface area contributed by atoms with E-state index in [2.05, 4.69) is 0 Å². The molecule has 0 bridgehead atoms. The lowest BCUT2D eigenvalue weighted by Gasteiger charge is -2.04. The van der Waals surface area contributed by atoms with Crippen molar-refractivity contribution in [3.8, 4) is 5.75 Å². The Morgan fingerprint density at radius 3 is 2.75 bits per heavy atom. The number of hydrogen-bond donors (Lipinski definition) is 2. The molecule has 0 aliphatic carbocycles. The second-order valence-electron chi connectivity index (χ2n) is 3.48. The summed E-state index contributed by atoms with van der Waals surface area (Å²) >= 11 is 0. The van der Waals surface area contributed by atoms with E-state index in [1.807, 2.05) is 0 Å². The Morgan fingerprint density at radius 2 is 2.19 bits per heavy atom. The van der Waals surface area contributed by atoms with Crippen LogP contribution in [0.3, 0.4) is 0 Å². The van der Waals surface area contributed by atoms with Gasteiger partial charge in [-0.15, -0.1) is 0 Å². The third kappa shape index (κ3) is 1.21. The Labute approximate surface area is 92.0 Å². The first kappa shape index (κ1) is 10.4. The fraction of sp³-hybridized carbons (Fsp3) is 0.182. The molecule has 0 fully saturated rings. The van der Waals surface area contributed by atoms with Gasteiger partial charge in [0.25, 0.3) is 0 Å². The number of benzene rings is 1. The third-order valence-corrected chi connectivity index (χ3v) is 2.64. The van der Waals surface area contributed by atoms with E-state index in [1.54, 1.807) is 32.4 Å². The maximum atomic E-state index is 11.1. The minimum absolute atomic E-state index is 0.0829. The minimum Gasteiger partial charge on any atom is -0.495 e. The Balaban J connectivity index is 2.93. The highest BCUT2D eigenvalue weighted by molar-refractivity contribution is 6.07. The normalized spacial score (nSPS) is 10.6. The molecule has 0 aliphatic heterocycles. The van der Waals surface area contributed by atoms with Crippen LogP contribution < -0.4 is 10.5 Å². The summed E-state index contributed by atoms with van der Waals surface area (Å²) in [4.78, 5) is 11.1. The number of carboxylic acid groups (broad SMARTS) is 1. The fourth-order valence-electron chi connectivity index (χ4n) is 1.93. The molecule has 0 unspecified atom stereocenters. The molecule has 0 radical (unpaired) electrons. The van der Waals surface area contributed by atoms with Crippen molar-refractivity contribution in [3.05, 3.63) is 23.9 Å². The number of rotatable bonds is 2. The van der Waals surface area contributed by atoms with Gasteiger partial charge in [0.1, 0.15) is 5.75 Å². The van der Waals surface area contributed by atoms with E-state index in [9.17, 15) is 4.79 Å². The number of anilines is 1. The molecule has 0 saturated carbocycles. The summed E-state index contributed by atoms with van der Waals surface area (Å²) in [5, 5.41) is 9.76. The highest BCUT2D eigenvalue weighted by Crippen LogP contribution is 2.33. The van der Waals surface area contributed by atoms with Gasteiger partial charge in [-0.3, -0.25) is 0 Å². The standard InChI is InChI=1S/C11H12N2O3/c1-13-9-6(4-3-5-7(9)16-2)8(12)10(13)11(14)15/h3-5H,12H2,1-2H3,(H,14,15). The van der Waals surface area contributed by atoms with Gasteiger partial charge in [-0.25, -0.2) is 4.79 Å². The van der Waals surface area contributed by atoms with Gasteiger partial charge < -0.3 is 20.1 Å². The summed E-state index contributed by atoms with van der Waals surface area (Å²) in [6, 6.07) is 5.33. The average molecular weight is 220 g/mol. The predicted molar refractivity (Wildman–Crippen MR) is 60.8 cm³/mol. The van der Waals surface area contributed by atoms with Gasteiger partial charge in [-0.05, 0) is 6.07 Å². The molecular weight excluding hydrogens is 208 g/mol. The molecule has 0 atom stereocenters. The van der Waals surface area contributed by atoms with Crippen LogP contribution in [0, 0.1) is 0 Å². The van der Waals surface area contributed by atoms with Gasteiger partial charge in [-0.2, -0.15) is 0 Å². The predicted octanol–water partition coefficient (Wildman–Crippen LogP) is 1.47. The SMILES string of the molecule is COc1cccc2c(N)c(C(=O)O)n(C)c12. The van der Waals surface area contributed by atoms with Crippen molar-refractivity contribution in [2.24, 2.45) is 7.05 Å². The molecule has 0 aliphatic rings. The molecule has 5 heteroatoms. The largest absolute Gasteiger partial charge is 0.495 e. The van der Waals surface area contributed by atoms with Crippen LogP contribution in [0.4, 0.5) is 5.69 Å². The highest BCUT2D eigenvalue weighted by Gasteiger charge is 2.20. The number of aryl methyl sites for hydroxylation is 1. The minimum atomic E-state index is -1.04. The molecule has 1 aromatic carbocycles. The van der Waals surface area contributed by atoms with E-state index in [1.165, 1.54) is 4.57 Å². The quantitative estimate of drug-likeness (QED) is 0.803. The number of nitrogen functional groups attached to an aromatic ring is 1. The van der Waals surface area contributed by atoms with Crippen LogP contribution in [0.25, 0.3) is 10.9 Å². The fourth-order valence-corrected chi connectivity index (χ4v) is 1.93. The highest BCUT2D eigenvalue weighted by atomic mass is 16.5. The van der Waals surface area contributed by atoms with Crippen molar-refractivity contribution in [3.63, 3.8) is 0 Å². The van der Waals surface area contributed by atoms with Crippen LogP contribution in [0.2, 0.25) is 0 Å². The Bertz CT molecular complexity index is 572. The summed E-state index contributed by atoms with van der Waals surface area (Å²) in [6.45, 7) is 0. The lowest BCUT2D eigenvalue weighted by Crippen LogP contribution is -2.07. The number of nitrogens with zero attached hydrogens (tertiary/aromatic N) is 1. The first-order chi connectivity index (χ1) is 7.57. The second kappa shape index (κ2) is 3.44. The summed E-state index contributed by atoms with van der Waals surface area (Å²) in [6.07, 6.45) is 0. The van der Waals surface area contributed by atoms with E-state index >= 15 is 0 Å². The van der Waals surface area contributed by atoms with Gasteiger partial charge in [0.15, 0.2) is 5.69 Å². The molecule has 2 aromatic rings. The molecule has 3 N–H and O–H groups in total. The van der Waals surface area contributed by atoms with Crippen molar-refractivity contribution in [1.82, 2.24) is 4.57 Å². The van der Waals surface area contributed by atoms with Crippen molar-refractivity contribution in [2.45, 2.75) is 0 Å². The number of carbonyl (C=O) groups is 1. The smallest absolute Gasteiger partial charge is 0.354 e. The molecule has 5 nitrogen and oxygen atoms in total. The average Bonchev–Trinajstić information content (AvgIpc) is 2.51. The zero-order valence-electron chi connectivity index (χ0n) is 9.02. The van der Waals surface area contributed by atoms with E-state index < -0.39 is 5.97 Å². The Kier molecular flexibility index (Phi) is 2.23.